The van der Waals surface area contributed by atoms with Crippen LogP contribution >= 0.6 is 11.8 Å². The molecule has 0 radical (unpaired) electrons. The van der Waals surface area contributed by atoms with Gasteiger partial charge in [-0.2, -0.15) is 0 Å². The van der Waals surface area contributed by atoms with Crippen LogP contribution in [-0.2, 0) is 26.5 Å². The van der Waals surface area contributed by atoms with E-state index in [1.807, 2.05) is 19.9 Å². The molecule has 31 heavy (non-hydrogen) atoms. The third-order valence-corrected chi connectivity index (χ3v) is 5.38. The molecule has 3 aromatic rings. The Morgan fingerprint density at radius 3 is 2.55 bits per heavy atom. The molecule has 0 saturated carbocycles. The summed E-state index contributed by atoms with van der Waals surface area (Å²) >= 11 is 1.34. The zero-order valence-electron chi connectivity index (χ0n) is 17.1. The summed E-state index contributed by atoms with van der Waals surface area (Å²) < 4.78 is 10.2. The monoisotopic (exact) mass is 439 g/mol. The van der Waals surface area contributed by atoms with Crippen molar-refractivity contribution in [2.75, 3.05) is 6.61 Å². The number of aromatic nitrogens is 2. The second-order valence-electron chi connectivity index (χ2n) is 6.66. The standard InChI is InChI=1S/C22H21N3O5S/c1-14-18(15(2)30-25-14)13-31-21-17(9-6-10-23-21)22(28)29-12-20(27)24-19(26)11-16-7-4-3-5-8-16/h3-10H,11-13H2,1-2H3,(H,24,26,27). The number of carbonyl (C=O) groups excluding carboxylic acids is 3. The van der Waals surface area contributed by atoms with Gasteiger partial charge in [-0.1, -0.05) is 35.5 Å². The number of hydrogen-bond donors (Lipinski definition) is 1. The normalized spacial score (nSPS) is 10.5. The van der Waals surface area contributed by atoms with Crippen LogP contribution in [0.5, 0.6) is 0 Å². The summed E-state index contributed by atoms with van der Waals surface area (Å²) in [7, 11) is 0. The molecule has 0 aliphatic rings. The van der Waals surface area contributed by atoms with E-state index in [0.29, 0.717) is 16.5 Å². The van der Waals surface area contributed by atoms with Crippen molar-refractivity contribution in [3.8, 4) is 0 Å². The molecule has 2 aromatic heterocycles. The number of aryl methyl sites for hydroxylation is 2. The Balaban J connectivity index is 1.53. The first-order chi connectivity index (χ1) is 14.9. The Bertz CT molecular complexity index is 1060. The van der Waals surface area contributed by atoms with Crippen molar-refractivity contribution in [1.82, 2.24) is 15.5 Å². The summed E-state index contributed by atoms with van der Waals surface area (Å²) in [5.74, 6) is -0.623. The molecule has 2 heterocycles. The van der Waals surface area contributed by atoms with Crippen molar-refractivity contribution >= 4 is 29.5 Å². The molecule has 0 bridgehead atoms. The highest BCUT2D eigenvalue weighted by Gasteiger charge is 2.18. The minimum Gasteiger partial charge on any atom is -0.452 e. The summed E-state index contributed by atoms with van der Waals surface area (Å²) in [4.78, 5) is 40.6. The van der Waals surface area contributed by atoms with Gasteiger partial charge in [-0.05, 0) is 31.5 Å². The molecule has 8 nitrogen and oxygen atoms in total. The lowest BCUT2D eigenvalue weighted by atomic mass is 10.1. The second-order valence-corrected chi connectivity index (χ2v) is 7.62. The Hall–Kier alpha value is -3.46. The molecule has 2 amide bonds. The van der Waals surface area contributed by atoms with Crippen LogP contribution in [0, 0.1) is 13.8 Å². The highest BCUT2D eigenvalue weighted by molar-refractivity contribution is 7.98. The van der Waals surface area contributed by atoms with Crippen LogP contribution in [0.1, 0.15) is 32.9 Å². The molecular weight excluding hydrogens is 418 g/mol. The minimum absolute atomic E-state index is 0.0611. The second kappa shape index (κ2) is 10.5. The maximum absolute atomic E-state index is 12.5. The van der Waals surface area contributed by atoms with E-state index < -0.39 is 24.4 Å². The number of nitrogens with one attached hydrogen (secondary N) is 1. The van der Waals surface area contributed by atoms with E-state index in [0.717, 1.165) is 16.8 Å². The van der Waals surface area contributed by atoms with Crippen LogP contribution in [0.2, 0.25) is 0 Å². The highest BCUT2D eigenvalue weighted by atomic mass is 32.2. The van der Waals surface area contributed by atoms with Gasteiger partial charge in [0, 0.05) is 17.5 Å². The Morgan fingerprint density at radius 2 is 1.84 bits per heavy atom. The first-order valence-corrected chi connectivity index (χ1v) is 10.5. The lowest BCUT2D eigenvalue weighted by molar-refractivity contribution is -0.132. The lowest BCUT2D eigenvalue weighted by Gasteiger charge is -2.09. The van der Waals surface area contributed by atoms with Crippen molar-refractivity contribution in [2.45, 2.75) is 31.0 Å². The van der Waals surface area contributed by atoms with E-state index in [9.17, 15) is 14.4 Å². The molecule has 0 aliphatic carbocycles. The smallest absolute Gasteiger partial charge is 0.341 e. The number of hydrogen-bond acceptors (Lipinski definition) is 8. The first-order valence-electron chi connectivity index (χ1n) is 9.47. The number of amides is 2. The predicted octanol–water partition coefficient (Wildman–Crippen LogP) is 3.02. The summed E-state index contributed by atoms with van der Waals surface area (Å²) in [6.07, 6.45) is 1.63. The summed E-state index contributed by atoms with van der Waals surface area (Å²) in [6.45, 7) is 3.10. The van der Waals surface area contributed by atoms with Gasteiger partial charge in [0.2, 0.25) is 5.91 Å². The van der Waals surface area contributed by atoms with Crippen molar-refractivity contribution in [3.63, 3.8) is 0 Å². The molecule has 160 valence electrons. The molecular formula is C22H21N3O5S. The van der Waals surface area contributed by atoms with Crippen molar-refractivity contribution in [1.29, 1.82) is 0 Å². The van der Waals surface area contributed by atoms with Crippen molar-refractivity contribution in [2.24, 2.45) is 0 Å². The van der Waals surface area contributed by atoms with Crippen LogP contribution in [0.15, 0.2) is 58.2 Å². The van der Waals surface area contributed by atoms with E-state index >= 15 is 0 Å². The van der Waals surface area contributed by atoms with E-state index in [4.69, 9.17) is 9.26 Å². The van der Waals surface area contributed by atoms with Crippen molar-refractivity contribution in [3.05, 3.63) is 76.8 Å². The number of nitrogens with zero attached hydrogens (tertiary/aromatic N) is 2. The van der Waals surface area contributed by atoms with Gasteiger partial charge in [0.25, 0.3) is 5.91 Å². The van der Waals surface area contributed by atoms with Gasteiger partial charge >= 0.3 is 5.97 Å². The molecule has 0 saturated heterocycles. The fraction of sp³-hybridized carbons (Fsp3) is 0.227. The number of thioether (sulfide) groups is 1. The quantitative estimate of drug-likeness (QED) is 0.421. The van der Waals surface area contributed by atoms with Crippen LogP contribution in [0.3, 0.4) is 0 Å². The molecule has 0 atom stereocenters. The number of rotatable bonds is 8. The predicted molar refractivity (Wildman–Crippen MR) is 113 cm³/mol. The highest BCUT2D eigenvalue weighted by Crippen LogP contribution is 2.27. The number of ether oxygens (including phenoxy) is 1. The largest absolute Gasteiger partial charge is 0.452 e. The fourth-order valence-corrected chi connectivity index (χ4v) is 3.87. The number of benzene rings is 1. The minimum atomic E-state index is -0.694. The SMILES string of the molecule is Cc1noc(C)c1CSc1ncccc1C(=O)OCC(=O)NC(=O)Cc1ccccc1. The summed E-state index contributed by atoms with van der Waals surface area (Å²) in [5.41, 5.74) is 2.73. The van der Waals surface area contributed by atoms with Crippen LogP contribution < -0.4 is 5.32 Å². The van der Waals surface area contributed by atoms with E-state index in [1.54, 1.807) is 42.6 Å². The number of carbonyl (C=O) groups is 3. The first kappa shape index (κ1) is 22.2. The summed E-state index contributed by atoms with van der Waals surface area (Å²) in [5, 5.41) is 6.59. The van der Waals surface area contributed by atoms with E-state index in [1.165, 1.54) is 11.8 Å². The number of imide groups is 1. The molecule has 1 aromatic carbocycles. The van der Waals surface area contributed by atoms with E-state index in [2.05, 4.69) is 15.5 Å². The van der Waals surface area contributed by atoms with E-state index in [-0.39, 0.29) is 12.0 Å². The van der Waals surface area contributed by atoms with Crippen LogP contribution in [0.4, 0.5) is 0 Å². The number of pyridine rings is 1. The molecule has 3 rings (SSSR count). The van der Waals surface area contributed by atoms with Gasteiger partial charge in [-0.25, -0.2) is 9.78 Å². The third-order valence-electron chi connectivity index (χ3n) is 4.35. The van der Waals surface area contributed by atoms with Gasteiger partial charge in [0.15, 0.2) is 6.61 Å². The molecule has 1 N–H and O–H groups in total. The Labute approximate surface area is 183 Å². The topological polar surface area (TPSA) is 111 Å². The average Bonchev–Trinajstić information content (AvgIpc) is 3.08. The molecule has 9 heteroatoms. The molecule has 0 aliphatic heterocycles. The Morgan fingerprint density at radius 1 is 1.06 bits per heavy atom. The maximum Gasteiger partial charge on any atom is 0.341 e. The molecule has 0 unspecified atom stereocenters. The zero-order valence-corrected chi connectivity index (χ0v) is 17.9. The number of esters is 1. The van der Waals surface area contributed by atoms with Gasteiger partial charge in [-0.3, -0.25) is 14.9 Å². The third kappa shape index (κ3) is 6.26. The van der Waals surface area contributed by atoms with Crippen molar-refractivity contribution < 1.29 is 23.6 Å². The average molecular weight is 439 g/mol. The van der Waals surface area contributed by atoms with Gasteiger partial charge < -0.3 is 9.26 Å². The summed E-state index contributed by atoms with van der Waals surface area (Å²) in [6, 6.07) is 12.2. The fourth-order valence-electron chi connectivity index (χ4n) is 2.74. The Kier molecular flexibility index (Phi) is 7.55. The van der Waals surface area contributed by atoms with Gasteiger partial charge in [0.05, 0.1) is 17.7 Å². The van der Waals surface area contributed by atoms with Gasteiger partial charge in [-0.15, -0.1) is 11.8 Å². The van der Waals surface area contributed by atoms with Crippen LogP contribution in [-0.4, -0.2) is 34.5 Å². The zero-order chi connectivity index (χ0) is 22.2. The lowest BCUT2D eigenvalue weighted by Crippen LogP contribution is -2.35. The molecule has 0 spiro atoms. The maximum atomic E-state index is 12.5. The van der Waals surface area contributed by atoms with Gasteiger partial charge in [0.1, 0.15) is 10.8 Å². The molecule has 0 fully saturated rings. The van der Waals surface area contributed by atoms with Crippen LogP contribution in [0.25, 0.3) is 0 Å².